The van der Waals surface area contributed by atoms with E-state index in [-0.39, 0.29) is 0 Å². The fourth-order valence-corrected chi connectivity index (χ4v) is 1.94. The van der Waals surface area contributed by atoms with E-state index in [4.69, 9.17) is 17.3 Å². The first-order valence-electron chi connectivity index (χ1n) is 5.61. The molecule has 0 atom stereocenters. The molecule has 0 saturated heterocycles. The van der Waals surface area contributed by atoms with Crippen LogP contribution in [-0.4, -0.2) is 15.0 Å². The minimum atomic E-state index is 0.375. The molecule has 3 N–H and O–H groups in total. The van der Waals surface area contributed by atoms with Crippen LogP contribution < -0.4 is 11.1 Å². The lowest BCUT2D eigenvalue weighted by molar-refractivity contribution is 1.19. The number of hydrogen-bond acceptors (Lipinski definition) is 5. The molecule has 6 heteroatoms. The van der Waals surface area contributed by atoms with E-state index in [2.05, 4.69) is 20.3 Å². The molecule has 0 unspecified atom stereocenters. The highest BCUT2D eigenvalue weighted by Crippen LogP contribution is 2.26. The highest BCUT2D eigenvalue weighted by Gasteiger charge is 2.04. The Balaban J connectivity index is 2.05. The van der Waals surface area contributed by atoms with Crippen molar-refractivity contribution in [1.29, 1.82) is 0 Å². The molecule has 0 fully saturated rings. The summed E-state index contributed by atoms with van der Waals surface area (Å²) in [6, 6.07) is 7.57. The van der Waals surface area contributed by atoms with Crippen LogP contribution in [0.15, 0.2) is 42.9 Å². The second kappa shape index (κ2) is 4.70. The van der Waals surface area contributed by atoms with Crippen molar-refractivity contribution in [2.24, 2.45) is 0 Å². The van der Waals surface area contributed by atoms with Gasteiger partial charge in [0.25, 0.3) is 0 Å². The van der Waals surface area contributed by atoms with Gasteiger partial charge in [-0.25, -0.2) is 15.0 Å². The molecule has 3 aromatic rings. The fraction of sp³-hybridized carbons (Fsp3) is 0. The van der Waals surface area contributed by atoms with Crippen LogP contribution in [0, 0.1) is 0 Å². The lowest BCUT2D eigenvalue weighted by Gasteiger charge is -2.08. The van der Waals surface area contributed by atoms with Gasteiger partial charge in [0, 0.05) is 16.6 Å². The molecule has 5 nitrogen and oxygen atoms in total. The first-order valence-corrected chi connectivity index (χ1v) is 5.99. The van der Waals surface area contributed by atoms with Crippen molar-refractivity contribution < 1.29 is 0 Å². The van der Waals surface area contributed by atoms with E-state index in [1.807, 2.05) is 24.3 Å². The summed E-state index contributed by atoms with van der Waals surface area (Å²) in [7, 11) is 0. The summed E-state index contributed by atoms with van der Waals surface area (Å²) >= 11 is 6.01. The minimum Gasteiger partial charge on any atom is -0.382 e. The molecular formula is C13H10ClN5. The monoisotopic (exact) mass is 271 g/mol. The van der Waals surface area contributed by atoms with Gasteiger partial charge in [0.15, 0.2) is 0 Å². The summed E-state index contributed by atoms with van der Waals surface area (Å²) in [4.78, 5) is 12.4. The van der Waals surface area contributed by atoms with E-state index < -0.39 is 0 Å². The zero-order valence-electron chi connectivity index (χ0n) is 9.84. The van der Waals surface area contributed by atoms with Gasteiger partial charge in [-0.05, 0) is 23.6 Å². The molecule has 0 spiro atoms. The topological polar surface area (TPSA) is 76.7 Å². The Labute approximate surface area is 114 Å². The highest BCUT2D eigenvalue weighted by molar-refractivity contribution is 6.31. The lowest BCUT2D eigenvalue weighted by atomic mass is 10.1. The molecular weight excluding hydrogens is 262 g/mol. The number of rotatable bonds is 2. The molecule has 19 heavy (non-hydrogen) atoms. The van der Waals surface area contributed by atoms with Crippen LogP contribution in [0.1, 0.15) is 0 Å². The van der Waals surface area contributed by atoms with Crippen LogP contribution in [0.25, 0.3) is 10.8 Å². The molecule has 0 radical (unpaired) electrons. The van der Waals surface area contributed by atoms with Crippen LogP contribution in [0.2, 0.25) is 5.02 Å². The number of nitrogens with zero attached hydrogens (tertiary/aromatic N) is 3. The van der Waals surface area contributed by atoms with Crippen molar-refractivity contribution in [1.82, 2.24) is 15.0 Å². The average Bonchev–Trinajstić information content (AvgIpc) is 2.42. The normalized spacial score (nSPS) is 10.6. The number of anilines is 3. The van der Waals surface area contributed by atoms with Crippen molar-refractivity contribution in [3.63, 3.8) is 0 Å². The third kappa shape index (κ3) is 2.41. The van der Waals surface area contributed by atoms with Crippen LogP contribution >= 0.6 is 11.6 Å². The number of nitrogens with one attached hydrogen (secondary N) is 1. The zero-order chi connectivity index (χ0) is 13.2. The summed E-state index contributed by atoms with van der Waals surface area (Å²) in [6.07, 6.45) is 4.77. The van der Waals surface area contributed by atoms with Gasteiger partial charge in [-0.15, -0.1) is 0 Å². The van der Waals surface area contributed by atoms with E-state index in [1.54, 1.807) is 12.4 Å². The number of hydrogen-bond donors (Lipinski definition) is 2. The quantitative estimate of drug-likeness (QED) is 0.749. The number of pyridine rings is 1. The maximum absolute atomic E-state index is 6.01. The van der Waals surface area contributed by atoms with E-state index in [0.29, 0.717) is 22.5 Å². The van der Waals surface area contributed by atoms with Crippen LogP contribution in [0.4, 0.5) is 17.5 Å². The largest absolute Gasteiger partial charge is 0.382 e. The standard InChI is InChI=1S/C13H10ClN5/c14-9-2-1-8-3-4-16-13(10(8)5-9)19-12-7-17-11(15)6-18-12/h1-7H,(H2,15,17)(H,16,18,19). The molecule has 1 aromatic carbocycles. The van der Waals surface area contributed by atoms with Crippen molar-refractivity contribution >= 4 is 39.8 Å². The number of nitrogen functional groups attached to an aromatic ring is 1. The van der Waals surface area contributed by atoms with Crippen molar-refractivity contribution in [3.8, 4) is 0 Å². The Morgan fingerprint density at radius 1 is 1.05 bits per heavy atom. The first kappa shape index (κ1) is 11.7. The SMILES string of the molecule is Nc1cnc(Nc2nccc3ccc(Cl)cc23)cn1. The fourth-order valence-electron chi connectivity index (χ4n) is 1.76. The molecule has 0 aliphatic carbocycles. The van der Waals surface area contributed by atoms with Gasteiger partial charge in [-0.1, -0.05) is 17.7 Å². The van der Waals surface area contributed by atoms with E-state index in [9.17, 15) is 0 Å². The van der Waals surface area contributed by atoms with Gasteiger partial charge in [0.2, 0.25) is 0 Å². The maximum atomic E-state index is 6.01. The third-order valence-corrected chi connectivity index (χ3v) is 2.88. The van der Waals surface area contributed by atoms with Crippen molar-refractivity contribution in [3.05, 3.63) is 47.9 Å². The van der Waals surface area contributed by atoms with Crippen molar-refractivity contribution in [2.45, 2.75) is 0 Å². The Morgan fingerprint density at radius 3 is 2.74 bits per heavy atom. The summed E-state index contributed by atoms with van der Waals surface area (Å²) in [5, 5.41) is 5.73. The Bertz CT molecular complexity index is 727. The number of aromatic nitrogens is 3. The third-order valence-electron chi connectivity index (χ3n) is 2.65. The molecule has 0 saturated carbocycles. The summed E-state index contributed by atoms with van der Waals surface area (Å²) in [6.45, 7) is 0. The summed E-state index contributed by atoms with van der Waals surface area (Å²) < 4.78 is 0. The van der Waals surface area contributed by atoms with Gasteiger partial charge in [0.05, 0.1) is 12.4 Å². The van der Waals surface area contributed by atoms with Crippen molar-refractivity contribution in [2.75, 3.05) is 11.1 Å². The van der Waals surface area contributed by atoms with Gasteiger partial charge in [0.1, 0.15) is 17.5 Å². The van der Waals surface area contributed by atoms with Gasteiger partial charge in [-0.2, -0.15) is 0 Å². The molecule has 94 valence electrons. The van der Waals surface area contributed by atoms with Gasteiger partial charge < -0.3 is 11.1 Å². The Morgan fingerprint density at radius 2 is 1.95 bits per heavy atom. The predicted octanol–water partition coefficient (Wildman–Crippen LogP) is 3.00. The van der Waals surface area contributed by atoms with E-state index >= 15 is 0 Å². The zero-order valence-corrected chi connectivity index (χ0v) is 10.6. The number of fused-ring (bicyclic) bond motifs is 1. The molecule has 2 aromatic heterocycles. The van der Waals surface area contributed by atoms with E-state index in [1.165, 1.54) is 6.20 Å². The lowest BCUT2D eigenvalue weighted by Crippen LogP contribution is -1.99. The van der Waals surface area contributed by atoms with Crippen LogP contribution in [-0.2, 0) is 0 Å². The molecule has 2 heterocycles. The molecule has 0 amide bonds. The van der Waals surface area contributed by atoms with E-state index in [0.717, 1.165) is 10.8 Å². The summed E-state index contributed by atoms with van der Waals surface area (Å²) in [5.74, 6) is 1.63. The van der Waals surface area contributed by atoms with Crippen LogP contribution in [0.5, 0.6) is 0 Å². The first-order chi connectivity index (χ1) is 9.22. The summed E-state index contributed by atoms with van der Waals surface area (Å²) in [5.41, 5.74) is 5.50. The Hall–Kier alpha value is -2.40. The predicted molar refractivity (Wildman–Crippen MR) is 76.5 cm³/mol. The van der Waals surface area contributed by atoms with Crippen LogP contribution in [0.3, 0.4) is 0 Å². The smallest absolute Gasteiger partial charge is 0.150 e. The molecule has 0 aliphatic heterocycles. The average molecular weight is 272 g/mol. The maximum Gasteiger partial charge on any atom is 0.150 e. The molecule has 3 rings (SSSR count). The number of halogens is 1. The highest BCUT2D eigenvalue weighted by atomic mass is 35.5. The molecule has 0 aliphatic rings. The van der Waals surface area contributed by atoms with Gasteiger partial charge >= 0.3 is 0 Å². The second-order valence-electron chi connectivity index (χ2n) is 3.98. The second-order valence-corrected chi connectivity index (χ2v) is 4.41. The Kier molecular flexibility index (Phi) is 2.89. The number of benzene rings is 1. The molecule has 0 bridgehead atoms. The van der Waals surface area contributed by atoms with Gasteiger partial charge in [-0.3, -0.25) is 0 Å². The number of nitrogens with two attached hydrogens (primary N) is 1. The minimum absolute atomic E-state index is 0.375.